The van der Waals surface area contributed by atoms with E-state index in [9.17, 15) is 0 Å². The molecule has 2 fully saturated rings. The van der Waals surface area contributed by atoms with Gasteiger partial charge in [0.25, 0.3) is 0 Å². The minimum atomic E-state index is 0.639. The minimum absolute atomic E-state index is 0.639. The van der Waals surface area contributed by atoms with E-state index in [1.807, 2.05) is 0 Å². The van der Waals surface area contributed by atoms with Crippen molar-refractivity contribution in [2.45, 2.75) is 19.3 Å². The molecule has 10 heavy (non-hydrogen) atoms. The second kappa shape index (κ2) is 2.38. The van der Waals surface area contributed by atoms with Crippen molar-refractivity contribution in [3.05, 3.63) is 0 Å². The van der Waals surface area contributed by atoms with Crippen molar-refractivity contribution >= 4 is 11.6 Å². The molecule has 2 aliphatic rings. The highest BCUT2D eigenvalue weighted by Gasteiger charge is 2.53. The number of ether oxygens (including phenoxy) is 1. The van der Waals surface area contributed by atoms with Crippen LogP contribution < -0.4 is 0 Å². The highest BCUT2D eigenvalue weighted by Crippen LogP contribution is 2.59. The van der Waals surface area contributed by atoms with E-state index in [1.54, 1.807) is 0 Å². The fourth-order valence-corrected chi connectivity index (χ4v) is 2.48. The number of hydrogen-bond donors (Lipinski definition) is 0. The van der Waals surface area contributed by atoms with Gasteiger partial charge in [-0.15, -0.1) is 11.6 Å². The lowest BCUT2D eigenvalue weighted by atomic mass is 9.94. The molecule has 0 aromatic carbocycles. The van der Waals surface area contributed by atoms with Crippen LogP contribution in [-0.4, -0.2) is 19.1 Å². The van der Waals surface area contributed by atoms with Crippen molar-refractivity contribution in [3.63, 3.8) is 0 Å². The summed E-state index contributed by atoms with van der Waals surface area (Å²) in [6.07, 6.45) is 3.87. The number of alkyl halides is 1. The lowest BCUT2D eigenvalue weighted by Crippen LogP contribution is -2.18. The third-order valence-corrected chi connectivity index (χ3v) is 3.41. The van der Waals surface area contributed by atoms with Gasteiger partial charge in [0.15, 0.2) is 0 Å². The highest BCUT2D eigenvalue weighted by molar-refractivity contribution is 6.18. The van der Waals surface area contributed by atoms with E-state index < -0.39 is 0 Å². The molecular weight excluding hydrogens is 148 g/mol. The van der Waals surface area contributed by atoms with Crippen LogP contribution in [0.3, 0.4) is 0 Å². The first-order valence-corrected chi connectivity index (χ1v) is 4.54. The molecule has 2 heteroatoms. The van der Waals surface area contributed by atoms with E-state index in [0.717, 1.165) is 25.0 Å². The summed E-state index contributed by atoms with van der Waals surface area (Å²) in [5, 5.41) is 0. The Morgan fingerprint density at radius 1 is 1.40 bits per heavy atom. The average Bonchev–Trinajstić information content (AvgIpc) is 2.65. The summed E-state index contributed by atoms with van der Waals surface area (Å²) in [5.41, 5.74) is 0.639. The van der Waals surface area contributed by atoms with Crippen LogP contribution in [0.1, 0.15) is 19.3 Å². The Kier molecular flexibility index (Phi) is 1.65. The summed E-state index contributed by atoms with van der Waals surface area (Å²) < 4.78 is 5.29. The lowest BCUT2D eigenvalue weighted by molar-refractivity contribution is 0.0532. The topological polar surface area (TPSA) is 9.23 Å². The molecule has 1 unspecified atom stereocenters. The Balaban J connectivity index is 1.92. The van der Waals surface area contributed by atoms with Gasteiger partial charge in [0.1, 0.15) is 0 Å². The number of hydrogen-bond acceptors (Lipinski definition) is 1. The summed E-state index contributed by atoms with van der Waals surface area (Å²) in [7, 11) is 0. The first-order chi connectivity index (χ1) is 4.87. The third-order valence-electron chi connectivity index (χ3n) is 3.03. The molecule has 1 nitrogen and oxygen atoms in total. The molecule has 0 radical (unpaired) electrons. The first-order valence-electron chi connectivity index (χ1n) is 4.01. The van der Waals surface area contributed by atoms with Crippen molar-refractivity contribution in [1.82, 2.24) is 0 Å². The smallest absolute Gasteiger partial charge is 0.0471 e. The molecule has 0 aromatic heterocycles. The summed E-state index contributed by atoms with van der Waals surface area (Å²) in [6, 6.07) is 0. The van der Waals surface area contributed by atoms with Gasteiger partial charge in [-0.05, 0) is 30.6 Å². The predicted octanol–water partition coefficient (Wildman–Crippen LogP) is 2.04. The van der Waals surface area contributed by atoms with Crippen molar-refractivity contribution in [2.75, 3.05) is 19.1 Å². The van der Waals surface area contributed by atoms with Crippen molar-refractivity contribution in [3.8, 4) is 0 Å². The van der Waals surface area contributed by atoms with Crippen LogP contribution in [0.5, 0.6) is 0 Å². The zero-order chi connectivity index (χ0) is 7.03. The molecule has 2 rings (SSSR count). The second-order valence-electron chi connectivity index (χ2n) is 3.53. The predicted molar refractivity (Wildman–Crippen MR) is 41.3 cm³/mol. The van der Waals surface area contributed by atoms with Crippen LogP contribution in [0, 0.1) is 11.3 Å². The van der Waals surface area contributed by atoms with Crippen LogP contribution in [-0.2, 0) is 4.74 Å². The minimum Gasteiger partial charge on any atom is -0.381 e. The zero-order valence-electron chi connectivity index (χ0n) is 6.11. The summed E-state index contributed by atoms with van der Waals surface area (Å²) in [5.74, 6) is 1.68. The molecular formula is C8H13ClO. The van der Waals surface area contributed by atoms with Crippen LogP contribution in [0.15, 0.2) is 0 Å². The second-order valence-corrected chi connectivity index (χ2v) is 3.84. The van der Waals surface area contributed by atoms with Gasteiger partial charge < -0.3 is 4.74 Å². The van der Waals surface area contributed by atoms with E-state index in [2.05, 4.69) is 0 Å². The Labute approximate surface area is 66.7 Å². The van der Waals surface area contributed by atoms with E-state index >= 15 is 0 Å². The van der Waals surface area contributed by atoms with Crippen molar-refractivity contribution < 1.29 is 4.74 Å². The van der Waals surface area contributed by atoms with Gasteiger partial charge in [-0.1, -0.05) is 0 Å². The molecule has 1 saturated heterocycles. The summed E-state index contributed by atoms with van der Waals surface area (Å²) in [6.45, 7) is 1.93. The van der Waals surface area contributed by atoms with Gasteiger partial charge in [-0.25, -0.2) is 0 Å². The quantitative estimate of drug-likeness (QED) is 0.534. The standard InChI is InChI=1S/C8H13ClO/c9-6-7-5-8(7)1-3-10-4-2-8/h7H,1-6H2. The maximum Gasteiger partial charge on any atom is 0.0471 e. The summed E-state index contributed by atoms with van der Waals surface area (Å²) >= 11 is 5.78. The van der Waals surface area contributed by atoms with Gasteiger partial charge in [0, 0.05) is 19.1 Å². The van der Waals surface area contributed by atoms with Gasteiger partial charge in [-0.3, -0.25) is 0 Å². The van der Waals surface area contributed by atoms with E-state index in [0.29, 0.717) is 5.41 Å². The molecule has 1 aliphatic carbocycles. The molecule has 1 aliphatic heterocycles. The van der Waals surface area contributed by atoms with Gasteiger partial charge in [0.05, 0.1) is 0 Å². The Bertz CT molecular complexity index is 129. The van der Waals surface area contributed by atoms with Crippen LogP contribution in [0.25, 0.3) is 0 Å². The largest absolute Gasteiger partial charge is 0.381 e. The SMILES string of the molecule is ClCC1CC12CCOCC2. The van der Waals surface area contributed by atoms with Crippen molar-refractivity contribution in [1.29, 1.82) is 0 Å². The molecule has 1 heterocycles. The highest BCUT2D eigenvalue weighted by atomic mass is 35.5. The van der Waals surface area contributed by atoms with E-state index in [-0.39, 0.29) is 0 Å². The summed E-state index contributed by atoms with van der Waals surface area (Å²) in [4.78, 5) is 0. The average molecular weight is 161 g/mol. The van der Waals surface area contributed by atoms with Gasteiger partial charge >= 0.3 is 0 Å². The Morgan fingerprint density at radius 3 is 2.60 bits per heavy atom. The number of rotatable bonds is 1. The fourth-order valence-electron chi connectivity index (χ4n) is 2.04. The van der Waals surface area contributed by atoms with E-state index in [4.69, 9.17) is 16.3 Å². The molecule has 0 amide bonds. The molecule has 58 valence electrons. The molecule has 0 aromatic rings. The van der Waals surface area contributed by atoms with Crippen LogP contribution in [0.4, 0.5) is 0 Å². The van der Waals surface area contributed by atoms with Crippen molar-refractivity contribution in [2.24, 2.45) is 11.3 Å². The Morgan fingerprint density at radius 2 is 2.10 bits per heavy atom. The zero-order valence-corrected chi connectivity index (χ0v) is 6.86. The normalized spacial score (nSPS) is 36.3. The lowest BCUT2D eigenvalue weighted by Gasteiger charge is -2.22. The molecule has 1 spiro atoms. The maximum atomic E-state index is 5.78. The first kappa shape index (κ1) is 6.93. The van der Waals surface area contributed by atoms with Crippen LogP contribution in [0.2, 0.25) is 0 Å². The fraction of sp³-hybridized carbons (Fsp3) is 1.00. The maximum absolute atomic E-state index is 5.78. The van der Waals surface area contributed by atoms with E-state index in [1.165, 1.54) is 19.3 Å². The molecule has 0 N–H and O–H groups in total. The molecule has 0 bridgehead atoms. The van der Waals surface area contributed by atoms with Gasteiger partial charge in [-0.2, -0.15) is 0 Å². The Hall–Kier alpha value is 0.250. The molecule has 1 saturated carbocycles. The number of halogens is 1. The molecule has 1 atom stereocenters. The third kappa shape index (κ3) is 0.960. The van der Waals surface area contributed by atoms with Gasteiger partial charge in [0.2, 0.25) is 0 Å². The monoisotopic (exact) mass is 160 g/mol. The van der Waals surface area contributed by atoms with Crippen LogP contribution >= 0.6 is 11.6 Å².